The quantitative estimate of drug-likeness (QED) is 0.859. The Kier molecular flexibility index (Phi) is 3.03. The molecule has 0 spiro atoms. The Hall–Kier alpha value is -1.02. The SMILES string of the molecule is Oc1ccc(CC2(CNC3CC3)CC3CCC2C3)cc1. The molecule has 20 heavy (non-hydrogen) atoms. The van der Waals surface area contributed by atoms with Gasteiger partial charge in [-0.15, -0.1) is 0 Å². The molecule has 2 N–H and O–H groups in total. The summed E-state index contributed by atoms with van der Waals surface area (Å²) in [7, 11) is 0. The molecule has 3 aliphatic rings. The summed E-state index contributed by atoms with van der Waals surface area (Å²) in [5.74, 6) is 2.29. The third-order valence-corrected chi connectivity index (χ3v) is 5.92. The fourth-order valence-corrected chi connectivity index (χ4v) is 4.71. The molecule has 0 aliphatic heterocycles. The predicted molar refractivity (Wildman–Crippen MR) is 80.7 cm³/mol. The lowest BCUT2D eigenvalue weighted by Crippen LogP contribution is -2.41. The van der Waals surface area contributed by atoms with Gasteiger partial charge in [0.15, 0.2) is 0 Å². The van der Waals surface area contributed by atoms with Crippen LogP contribution in [0.1, 0.15) is 44.1 Å². The first-order valence-corrected chi connectivity index (χ1v) is 8.25. The molecule has 1 aromatic rings. The second-order valence-corrected chi connectivity index (χ2v) is 7.44. The minimum Gasteiger partial charge on any atom is -0.508 e. The normalized spacial score (nSPS) is 35.6. The van der Waals surface area contributed by atoms with E-state index in [0.29, 0.717) is 11.2 Å². The highest BCUT2D eigenvalue weighted by atomic mass is 16.3. The van der Waals surface area contributed by atoms with Gasteiger partial charge in [-0.1, -0.05) is 18.6 Å². The Bertz CT molecular complexity index is 479. The van der Waals surface area contributed by atoms with Crippen LogP contribution in [-0.2, 0) is 6.42 Å². The number of benzene rings is 1. The number of aromatic hydroxyl groups is 1. The van der Waals surface area contributed by atoms with E-state index in [1.165, 1.54) is 57.1 Å². The van der Waals surface area contributed by atoms with Crippen LogP contribution in [0.15, 0.2) is 24.3 Å². The molecule has 3 atom stereocenters. The van der Waals surface area contributed by atoms with E-state index in [-0.39, 0.29) is 0 Å². The zero-order chi connectivity index (χ0) is 13.6. The summed E-state index contributed by atoms with van der Waals surface area (Å²) in [6.07, 6.45) is 9.73. The summed E-state index contributed by atoms with van der Waals surface area (Å²) in [6, 6.07) is 8.71. The maximum absolute atomic E-state index is 9.46. The summed E-state index contributed by atoms with van der Waals surface area (Å²) in [5, 5.41) is 13.3. The van der Waals surface area contributed by atoms with Crippen molar-refractivity contribution in [3.63, 3.8) is 0 Å². The molecule has 108 valence electrons. The molecule has 0 radical (unpaired) electrons. The minimum absolute atomic E-state index is 0.381. The lowest BCUT2D eigenvalue weighted by atomic mass is 9.69. The highest BCUT2D eigenvalue weighted by Crippen LogP contribution is 2.57. The van der Waals surface area contributed by atoms with Gasteiger partial charge in [0.2, 0.25) is 0 Å². The van der Waals surface area contributed by atoms with Gasteiger partial charge in [0.05, 0.1) is 0 Å². The molecule has 0 saturated heterocycles. The van der Waals surface area contributed by atoms with E-state index < -0.39 is 0 Å². The van der Waals surface area contributed by atoms with Crippen LogP contribution in [0, 0.1) is 17.3 Å². The Balaban J connectivity index is 1.53. The van der Waals surface area contributed by atoms with Crippen LogP contribution in [0.2, 0.25) is 0 Å². The third kappa shape index (κ3) is 2.35. The molecule has 3 saturated carbocycles. The first kappa shape index (κ1) is 12.7. The number of rotatable bonds is 5. The summed E-state index contributed by atoms with van der Waals surface area (Å²) in [4.78, 5) is 0. The molecule has 2 nitrogen and oxygen atoms in total. The van der Waals surface area contributed by atoms with E-state index in [9.17, 15) is 5.11 Å². The van der Waals surface area contributed by atoms with Crippen molar-refractivity contribution >= 4 is 0 Å². The van der Waals surface area contributed by atoms with Gasteiger partial charge in [0.25, 0.3) is 0 Å². The van der Waals surface area contributed by atoms with E-state index >= 15 is 0 Å². The van der Waals surface area contributed by atoms with Gasteiger partial charge in [-0.2, -0.15) is 0 Å². The maximum Gasteiger partial charge on any atom is 0.115 e. The van der Waals surface area contributed by atoms with Gasteiger partial charge < -0.3 is 10.4 Å². The molecule has 3 aliphatic carbocycles. The van der Waals surface area contributed by atoms with Crippen molar-refractivity contribution in [2.24, 2.45) is 17.3 Å². The van der Waals surface area contributed by atoms with Crippen LogP contribution >= 0.6 is 0 Å². The molecule has 2 bridgehead atoms. The number of hydrogen-bond donors (Lipinski definition) is 2. The van der Waals surface area contributed by atoms with E-state index in [1.807, 2.05) is 12.1 Å². The smallest absolute Gasteiger partial charge is 0.115 e. The van der Waals surface area contributed by atoms with E-state index in [4.69, 9.17) is 0 Å². The highest BCUT2D eigenvalue weighted by molar-refractivity contribution is 5.27. The molecule has 0 amide bonds. The summed E-state index contributed by atoms with van der Waals surface area (Å²) < 4.78 is 0. The third-order valence-electron chi connectivity index (χ3n) is 5.92. The van der Waals surface area contributed by atoms with Gasteiger partial charge in [-0.05, 0) is 73.5 Å². The number of fused-ring (bicyclic) bond motifs is 2. The van der Waals surface area contributed by atoms with Crippen LogP contribution < -0.4 is 5.32 Å². The van der Waals surface area contributed by atoms with Crippen molar-refractivity contribution in [3.8, 4) is 5.75 Å². The Morgan fingerprint density at radius 2 is 1.90 bits per heavy atom. The lowest BCUT2D eigenvalue weighted by Gasteiger charge is -2.38. The van der Waals surface area contributed by atoms with Crippen molar-refractivity contribution in [1.82, 2.24) is 5.32 Å². The second-order valence-electron chi connectivity index (χ2n) is 7.44. The zero-order valence-corrected chi connectivity index (χ0v) is 12.1. The zero-order valence-electron chi connectivity index (χ0n) is 12.1. The van der Waals surface area contributed by atoms with Crippen LogP contribution in [-0.4, -0.2) is 17.7 Å². The predicted octanol–water partition coefficient (Wildman–Crippen LogP) is 3.49. The van der Waals surface area contributed by atoms with Gasteiger partial charge >= 0.3 is 0 Å². The molecule has 1 aromatic carbocycles. The summed E-state index contributed by atoms with van der Waals surface area (Å²) >= 11 is 0. The number of hydrogen-bond acceptors (Lipinski definition) is 2. The first-order chi connectivity index (χ1) is 9.73. The molecular weight excluding hydrogens is 246 g/mol. The Morgan fingerprint density at radius 1 is 1.10 bits per heavy atom. The van der Waals surface area contributed by atoms with Crippen LogP contribution in [0.4, 0.5) is 0 Å². The van der Waals surface area contributed by atoms with Crippen molar-refractivity contribution < 1.29 is 5.11 Å². The molecule has 2 heteroatoms. The van der Waals surface area contributed by atoms with E-state index in [0.717, 1.165) is 17.9 Å². The molecule has 0 heterocycles. The highest BCUT2D eigenvalue weighted by Gasteiger charge is 2.50. The fraction of sp³-hybridized carbons (Fsp3) is 0.667. The lowest BCUT2D eigenvalue weighted by molar-refractivity contribution is 0.155. The Morgan fingerprint density at radius 3 is 2.50 bits per heavy atom. The molecular formula is C18H25NO. The van der Waals surface area contributed by atoms with Crippen molar-refractivity contribution in [2.75, 3.05) is 6.54 Å². The Labute approximate surface area is 121 Å². The maximum atomic E-state index is 9.46. The molecule has 4 rings (SSSR count). The van der Waals surface area contributed by atoms with Crippen molar-refractivity contribution in [1.29, 1.82) is 0 Å². The van der Waals surface area contributed by atoms with Gasteiger partial charge in [0.1, 0.15) is 5.75 Å². The summed E-state index contributed by atoms with van der Waals surface area (Å²) in [5.41, 5.74) is 1.88. The average molecular weight is 271 g/mol. The largest absolute Gasteiger partial charge is 0.508 e. The topological polar surface area (TPSA) is 32.3 Å². The van der Waals surface area contributed by atoms with Gasteiger partial charge in [-0.25, -0.2) is 0 Å². The number of phenols is 1. The van der Waals surface area contributed by atoms with Crippen LogP contribution in [0.3, 0.4) is 0 Å². The fourth-order valence-electron chi connectivity index (χ4n) is 4.71. The minimum atomic E-state index is 0.381. The van der Waals surface area contributed by atoms with Crippen molar-refractivity contribution in [2.45, 2.75) is 51.0 Å². The molecule has 3 unspecified atom stereocenters. The molecule has 0 aromatic heterocycles. The van der Waals surface area contributed by atoms with Crippen molar-refractivity contribution in [3.05, 3.63) is 29.8 Å². The number of phenolic OH excluding ortho intramolecular Hbond substituents is 1. The van der Waals surface area contributed by atoms with Gasteiger partial charge in [0, 0.05) is 12.6 Å². The number of nitrogens with one attached hydrogen (secondary N) is 1. The average Bonchev–Trinajstić information content (AvgIpc) is 3.08. The molecule has 3 fully saturated rings. The van der Waals surface area contributed by atoms with Gasteiger partial charge in [-0.3, -0.25) is 0 Å². The van der Waals surface area contributed by atoms with Crippen LogP contribution in [0.5, 0.6) is 5.75 Å². The standard InChI is InChI=1S/C18H25NO/c20-17-7-2-13(3-8-17)10-18(12-19-16-5-6-16)11-14-1-4-15(18)9-14/h2-3,7-8,14-16,19-20H,1,4-6,9-12H2. The van der Waals surface area contributed by atoms with E-state index in [1.54, 1.807) is 0 Å². The summed E-state index contributed by atoms with van der Waals surface area (Å²) in [6.45, 7) is 1.21. The monoisotopic (exact) mass is 271 g/mol. The van der Waals surface area contributed by atoms with Crippen LogP contribution in [0.25, 0.3) is 0 Å². The van der Waals surface area contributed by atoms with E-state index in [2.05, 4.69) is 17.4 Å². The second kappa shape index (κ2) is 4.77. The first-order valence-electron chi connectivity index (χ1n) is 8.25.